The molecule has 0 saturated carbocycles. The SMILES string of the molecule is O=C1C=CCCc2ccc(O)c(c2)-c2cc(ccc2O)C[C@H]1O. The topological polar surface area (TPSA) is 77.8 Å². The first-order valence-electron chi connectivity index (χ1n) is 7.57. The predicted octanol–water partition coefficient (Wildman–Crippen LogP) is 2.74. The lowest BCUT2D eigenvalue weighted by atomic mass is 9.96. The summed E-state index contributed by atoms with van der Waals surface area (Å²) in [6.07, 6.45) is 3.59. The van der Waals surface area contributed by atoms with Gasteiger partial charge >= 0.3 is 0 Å². The van der Waals surface area contributed by atoms with Gasteiger partial charge in [-0.2, -0.15) is 0 Å². The van der Waals surface area contributed by atoms with Crippen molar-refractivity contribution >= 4 is 5.78 Å². The average molecular weight is 310 g/mol. The van der Waals surface area contributed by atoms with Crippen LogP contribution in [0, 0.1) is 0 Å². The fourth-order valence-corrected chi connectivity index (χ4v) is 2.76. The monoisotopic (exact) mass is 310 g/mol. The van der Waals surface area contributed by atoms with Gasteiger partial charge in [-0.05, 0) is 54.3 Å². The van der Waals surface area contributed by atoms with E-state index in [1.54, 1.807) is 24.3 Å². The summed E-state index contributed by atoms with van der Waals surface area (Å²) in [6.45, 7) is 0. The van der Waals surface area contributed by atoms with Crippen LogP contribution in [0.4, 0.5) is 0 Å². The van der Waals surface area contributed by atoms with Crippen LogP contribution in [0.25, 0.3) is 11.1 Å². The van der Waals surface area contributed by atoms with Crippen molar-refractivity contribution in [3.05, 3.63) is 59.7 Å². The summed E-state index contributed by atoms with van der Waals surface area (Å²) < 4.78 is 0. The molecule has 4 heteroatoms. The molecule has 2 aromatic carbocycles. The summed E-state index contributed by atoms with van der Waals surface area (Å²) in [7, 11) is 0. The van der Waals surface area contributed by atoms with Crippen molar-refractivity contribution in [3.63, 3.8) is 0 Å². The minimum absolute atomic E-state index is 0.0509. The lowest BCUT2D eigenvalue weighted by Gasteiger charge is -2.12. The van der Waals surface area contributed by atoms with E-state index in [9.17, 15) is 20.1 Å². The second kappa shape index (κ2) is 6.26. The molecule has 0 heterocycles. The third kappa shape index (κ3) is 3.27. The molecule has 4 nitrogen and oxygen atoms in total. The third-order valence-corrected chi connectivity index (χ3v) is 4.05. The number of phenols is 2. The molecule has 3 rings (SSSR count). The van der Waals surface area contributed by atoms with Gasteiger partial charge in [-0.15, -0.1) is 0 Å². The van der Waals surface area contributed by atoms with E-state index in [0.717, 1.165) is 11.1 Å². The Balaban J connectivity index is 2.14. The number of carbonyl (C=O) groups excluding carboxylic acids is 1. The van der Waals surface area contributed by atoms with Gasteiger partial charge in [0.05, 0.1) is 0 Å². The van der Waals surface area contributed by atoms with Crippen LogP contribution in [0.1, 0.15) is 17.5 Å². The summed E-state index contributed by atoms with van der Waals surface area (Å²) in [6, 6.07) is 10.2. The molecule has 0 radical (unpaired) electrons. The number of phenolic OH excluding ortho intramolecular Hbond substituents is 2. The van der Waals surface area contributed by atoms with Crippen LogP contribution in [0.15, 0.2) is 48.6 Å². The summed E-state index contributed by atoms with van der Waals surface area (Å²) in [4.78, 5) is 11.9. The summed E-state index contributed by atoms with van der Waals surface area (Å²) in [5, 5.41) is 30.3. The standard InChI is InChI=1S/C19H18O4/c20-16-7-5-12-3-1-2-4-18(22)19(23)11-13-6-8-17(21)15(10-13)14(16)9-12/h2,4-10,19-21,23H,1,3,11H2/t19-/m1/s1. The highest BCUT2D eigenvalue weighted by atomic mass is 16.3. The van der Waals surface area contributed by atoms with Crippen LogP contribution in [0.2, 0.25) is 0 Å². The smallest absolute Gasteiger partial charge is 0.184 e. The molecule has 0 saturated heterocycles. The van der Waals surface area contributed by atoms with Gasteiger partial charge in [0.1, 0.15) is 17.6 Å². The average Bonchev–Trinajstić information content (AvgIpc) is 2.54. The number of fused-ring (bicyclic) bond motifs is 5. The van der Waals surface area contributed by atoms with Gasteiger partial charge in [-0.1, -0.05) is 18.2 Å². The van der Waals surface area contributed by atoms with Crippen molar-refractivity contribution in [2.75, 3.05) is 0 Å². The number of aliphatic hydroxyl groups excluding tert-OH is 1. The predicted molar refractivity (Wildman–Crippen MR) is 87.4 cm³/mol. The number of ketones is 1. The molecule has 0 fully saturated rings. The Morgan fingerprint density at radius 3 is 2.22 bits per heavy atom. The fraction of sp³-hybridized carbons (Fsp3) is 0.211. The number of rotatable bonds is 0. The molecule has 0 amide bonds. The molecule has 1 aliphatic rings. The minimum atomic E-state index is -1.11. The molecule has 0 spiro atoms. The van der Waals surface area contributed by atoms with Crippen LogP contribution < -0.4 is 0 Å². The van der Waals surface area contributed by atoms with Crippen molar-refractivity contribution in [1.29, 1.82) is 0 Å². The minimum Gasteiger partial charge on any atom is -0.507 e. The number of aryl methyl sites for hydroxylation is 1. The second-order valence-electron chi connectivity index (χ2n) is 5.77. The molecule has 23 heavy (non-hydrogen) atoms. The first kappa shape index (κ1) is 15.3. The Morgan fingerprint density at radius 1 is 0.913 bits per heavy atom. The van der Waals surface area contributed by atoms with E-state index in [0.29, 0.717) is 24.0 Å². The Bertz CT molecular complexity index is 777. The second-order valence-corrected chi connectivity index (χ2v) is 5.77. The molecule has 0 unspecified atom stereocenters. The number of hydrogen-bond donors (Lipinski definition) is 3. The molecule has 118 valence electrons. The maximum atomic E-state index is 11.9. The summed E-state index contributed by atoms with van der Waals surface area (Å²) in [5.41, 5.74) is 2.76. The van der Waals surface area contributed by atoms with Gasteiger partial charge in [-0.3, -0.25) is 4.79 Å². The summed E-state index contributed by atoms with van der Waals surface area (Å²) >= 11 is 0. The van der Waals surface area contributed by atoms with Crippen LogP contribution in [0.5, 0.6) is 11.5 Å². The van der Waals surface area contributed by atoms with Gasteiger partial charge in [0, 0.05) is 17.5 Å². The number of aromatic hydroxyl groups is 2. The molecular formula is C19H18O4. The normalized spacial score (nSPS) is 18.0. The van der Waals surface area contributed by atoms with E-state index in [-0.39, 0.29) is 23.7 Å². The van der Waals surface area contributed by atoms with Gasteiger partial charge in [-0.25, -0.2) is 0 Å². The van der Waals surface area contributed by atoms with Crippen LogP contribution in [0.3, 0.4) is 0 Å². The Hall–Kier alpha value is -2.59. The molecule has 4 bridgehead atoms. The van der Waals surface area contributed by atoms with Crippen molar-refractivity contribution in [3.8, 4) is 22.6 Å². The summed E-state index contributed by atoms with van der Waals surface area (Å²) in [5.74, 6) is -0.188. The van der Waals surface area contributed by atoms with Crippen LogP contribution >= 0.6 is 0 Å². The van der Waals surface area contributed by atoms with E-state index in [1.165, 1.54) is 12.1 Å². The zero-order chi connectivity index (χ0) is 16.4. The number of carbonyl (C=O) groups is 1. The largest absolute Gasteiger partial charge is 0.507 e. The molecule has 1 atom stereocenters. The molecule has 1 aliphatic carbocycles. The highest BCUT2D eigenvalue weighted by Gasteiger charge is 2.16. The highest BCUT2D eigenvalue weighted by Crippen LogP contribution is 2.37. The van der Waals surface area contributed by atoms with Crippen LogP contribution in [-0.4, -0.2) is 27.2 Å². The Labute approximate surface area is 134 Å². The van der Waals surface area contributed by atoms with E-state index in [1.807, 2.05) is 12.1 Å². The number of hydrogen-bond acceptors (Lipinski definition) is 4. The third-order valence-electron chi connectivity index (χ3n) is 4.05. The van der Waals surface area contributed by atoms with Gasteiger partial charge in [0.2, 0.25) is 0 Å². The number of aliphatic hydroxyl groups is 1. The van der Waals surface area contributed by atoms with Crippen molar-refractivity contribution in [1.82, 2.24) is 0 Å². The van der Waals surface area contributed by atoms with E-state index < -0.39 is 6.10 Å². The molecule has 0 aliphatic heterocycles. The van der Waals surface area contributed by atoms with Gasteiger partial charge in [0.15, 0.2) is 5.78 Å². The Kier molecular flexibility index (Phi) is 4.17. The maximum Gasteiger partial charge on any atom is 0.184 e. The zero-order valence-electron chi connectivity index (χ0n) is 12.6. The Morgan fingerprint density at radius 2 is 1.52 bits per heavy atom. The van der Waals surface area contributed by atoms with Crippen molar-refractivity contribution in [2.24, 2.45) is 0 Å². The number of allylic oxidation sites excluding steroid dienone is 1. The lowest BCUT2D eigenvalue weighted by Crippen LogP contribution is -2.20. The first-order chi connectivity index (χ1) is 11.0. The van der Waals surface area contributed by atoms with Gasteiger partial charge in [0.25, 0.3) is 0 Å². The maximum absolute atomic E-state index is 11.9. The van der Waals surface area contributed by atoms with Crippen LogP contribution in [-0.2, 0) is 17.6 Å². The fourth-order valence-electron chi connectivity index (χ4n) is 2.76. The van der Waals surface area contributed by atoms with Crippen molar-refractivity contribution in [2.45, 2.75) is 25.4 Å². The zero-order valence-corrected chi connectivity index (χ0v) is 12.6. The molecule has 2 aromatic rings. The van der Waals surface area contributed by atoms with E-state index in [4.69, 9.17) is 0 Å². The number of benzene rings is 2. The van der Waals surface area contributed by atoms with Crippen molar-refractivity contribution < 1.29 is 20.1 Å². The lowest BCUT2D eigenvalue weighted by molar-refractivity contribution is -0.122. The first-order valence-corrected chi connectivity index (χ1v) is 7.57. The van der Waals surface area contributed by atoms with Gasteiger partial charge < -0.3 is 15.3 Å². The van der Waals surface area contributed by atoms with E-state index >= 15 is 0 Å². The highest BCUT2D eigenvalue weighted by molar-refractivity contribution is 5.93. The molecule has 0 aromatic heterocycles. The molecule has 3 N–H and O–H groups in total. The van der Waals surface area contributed by atoms with E-state index in [2.05, 4.69) is 0 Å². The quantitative estimate of drug-likeness (QED) is 0.699. The molecular weight excluding hydrogens is 292 g/mol.